The van der Waals surface area contributed by atoms with Crippen LogP contribution in [0.5, 0.6) is 0 Å². The van der Waals surface area contributed by atoms with E-state index in [0.29, 0.717) is 6.04 Å². The standard InChI is InChI=1S/C8H10N2/c1-7(2)10-6-4-5-8(10)9-3/h4-7H,1-2H3. The van der Waals surface area contributed by atoms with Gasteiger partial charge in [0.1, 0.15) is 0 Å². The Hall–Kier alpha value is -1.23. The van der Waals surface area contributed by atoms with Gasteiger partial charge in [-0.1, -0.05) is 6.57 Å². The molecule has 52 valence electrons. The van der Waals surface area contributed by atoms with Crippen molar-refractivity contribution in [2.24, 2.45) is 0 Å². The summed E-state index contributed by atoms with van der Waals surface area (Å²) in [6.45, 7) is 10.9. The van der Waals surface area contributed by atoms with E-state index in [4.69, 9.17) is 6.57 Å². The van der Waals surface area contributed by atoms with E-state index < -0.39 is 0 Å². The topological polar surface area (TPSA) is 9.29 Å². The Morgan fingerprint density at radius 2 is 2.30 bits per heavy atom. The van der Waals surface area contributed by atoms with E-state index in [1.54, 1.807) is 0 Å². The zero-order chi connectivity index (χ0) is 7.56. The van der Waals surface area contributed by atoms with E-state index in [2.05, 4.69) is 18.7 Å². The van der Waals surface area contributed by atoms with Crippen LogP contribution >= 0.6 is 0 Å². The predicted octanol–water partition coefficient (Wildman–Crippen LogP) is 2.62. The van der Waals surface area contributed by atoms with Crippen LogP contribution in [0.25, 0.3) is 4.85 Å². The van der Waals surface area contributed by atoms with Gasteiger partial charge in [-0.15, -0.1) is 0 Å². The average molecular weight is 134 g/mol. The molecule has 0 spiro atoms. The monoisotopic (exact) mass is 134 g/mol. The SMILES string of the molecule is [C-]#[N+]c1cccn1C(C)C. The zero-order valence-corrected chi connectivity index (χ0v) is 6.20. The van der Waals surface area contributed by atoms with E-state index in [9.17, 15) is 0 Å². The number of nitrogens with zero attached hydrogens (tertiary/aromatic N) is 2. The molecule has 2 nitrogen and oxygen atoms in total. The van der Waals surface area contributed by atoms with E-state index in [1.807, 2.05) is 22.9 Å². The average Bonchev–Trinajstić information content (AvgIpc) is 2.33. The quantitative estimate of drug-likeness (QED) is 0.522. The van der Waals surface area contributed by atoms with Crippen molar-refractivity contribution in [3.05, 3.63) is 29.7 Å². The van der Waals surface area contributed by atoms with Gasteiger partial charge in [-0.25, -0.2) is 0 Å². The largest absolute Gasteiger partial charge is 0.364 e. The molecule has 1 rings (SSSR count). The molecule has 0 aromatic carbocycles. The highest BCUT2D eigenvalue weighted by Gasteiger charge is 2.03. The number of rotatable bonds is 1. The van der Waals surface area contributed by atoms with Crippen LogP contribution in [0.1, 0.15) is 19.9 Å². The van der Waals surface area contributed by atoms with Gasteiger partial charge in [0.15, 0.2) is 0 Å². The lowest BCUT2D eigenvalue weighted by Crippen LogP contribution is -1.96. The maximum atomic E-state index is 6.80. The molecule has 1 heterocycles. The van der Waals surface area contributed by atoms with Gasteiger partial charge in [0.25, 0.3) is 0 Å². The molecule has 1 aromatic rings. The summed E-state index contributed by atoms with van der Waals surface area (Å²) in [6.07, 6.45) is 1.93. The van der Waals surface area contributed by atoms with Crippen molar-refractivity contribution in [1.82, 2.24) is 4.57 Å². The summed E-state index contributed by atoms with van der Waals surface area (Å²) in [5.74, 6) is 0.718. The maximum Gasteiger partial charge on any atom is 0.230 e. The molecule has 10 heavy (non-hydrogen) atoms. The van der Waals surface area contributed by atoms with E-state index >= 15 is 0 Å². The molecule has 0 aliphatic carbocycles. The lowest BCUT2D eigenvalue weighted by molar-refractivity contribution is 0.614. The van der Waals surface area contributed by atoms with Crippen molar-refractivity contribution >= 4 is 5.82 Å². The Morgan fingerprint density at radius 1 is 1.60 bits per heavy atom. The van der Waals surface area contributed by atoms with Gasteiger partial charge >= 0.3 is 0 Å². The van der Waals surface area contributed by atoms with E-state index in [0.717, 1.165) is 5.82 Å². The molecule has 0 N–H and O–H groups in total. The molecule has 0 saturated heterocycles. The first-order chi connectivity index (χ1) is 4.75. The zero-order valence-electron chi connectivity index (χ0n) is 6.20. The molecular formula is C8H10N2. The van der Waals surface area contributed by atoms with E-state index in [1.165, 1.54) is 0 Å². The predicted molar refractivity (Wildman–Crippen MR) is 41.1 cm³/mol. The molecule has 2 heteroatoms. The fourth-order valence-electron chi connectivity index (χ4n) is 0.916. The normalized spacial score (nSPS) is 9.80. The van der Waals surface area contributed by atoms with Crippen molar-refractivity contribution < 1.29 is 0 Å². The first kappa shape index (κ1) is 6.88. The van der Waals surface area contributed by atoms with Crippen LogP contribution in [0.15, 0.2) is 18.3 Å². The molecule has 0 aliphatic rings. The molecule has 0 amide bonds. The Bertz CT molecular complexity index is 252. The highest BCUT2D eigenvalue weighted by molar-refractivity contribution is 5.37. The summed E-state index contributed by atoms with van der Waals surface area (Å²) in [6, 6.07) is 4.11. The van der Waals surface area contributed by atoms with Gasteiger partial charge in [0, 0.05) is 0 Å². The fourth-order valence-corrected chi connectivity index (χ4v) is 0.916. The molecule has 0 atom stereocenters. The third-order valence-corrected chi connectivity index (χ3v) is 1.43. The molecule has 0 fully saturated rings. The van der Waals surface area contributed by atoms with Crippen LogP contribution < -0.4 is 0 Å². The summed E-state index contributed by atoms with van der Waals surface area (Å²) in [5, 5.41) is 0. The van der Waals surface area contributed by atoms with Crippen molar-refractivity contribution in [2.75, 3.05) is 0 Å². The summed E-state index contributed by atoms with van der Waals surface area (Å²) >= 11 is 0. The Labute approximate surface area is 60.9 Å². The Morgan fingerprint density at radius 3 is 2.70 bits per heavy atom. The highest BCUT2D eigenvalue weighted by atomic mass is 15.1. The Balaban J connectivity index is 3.05. The lowest BCUT2D eigenvalue weighted by atomic mass is 10.4. The van der Waals surface area contributed by atoms with Gasteiger partial charge in [0.05, 0.1) is 12.2 Å². The third kappa shape index (κ3) is 1.03. The van der Waals surface area contributed by atoms with Crippen LogP contribution in [0.4, 0.5) is 5.82 Å². The summed E-state index contributed by atoms with van der Waals surface area (Å²) < 4.78 is 1.95. The van der Waals surface area contributed by atoms with Crippen LogP contribution in [-0.4, -0.2) is 4.57 Å². The summed E-state index contributed by atoms with van der Waals surface area (Å²) in [7, 11) is 0. The van der Waals surface area contributed by atoms with Crippen molar-refractivity contribution in [3.63, 3.8) is 0 Å². The molecule has 0 radical (unpaired) electrons. The molecule has 1 aromatic heterocycles. The van der Waals surface area contributed by atoms with Crippen LogP contribution in [0, 0.1) is 6.57 Å². The molecule has 0 saturated carbocycles. The number of aromatic nitrogens is 1. The van der Waals surface area contributed by atoms with Crippen LogP contribution in [0.2, 0.25) is 0 Å². The third-order valence-electron chi connectivity index (χ3n) is 1.43. The van der Waals surface area contributed by atoms with Crippen LogP contribution in [-0.2, 0) is 0 Å². The van der Waals surface area contributed by atoms with Gasteiger partial charge in [0.2, 0.25) is 5.82 Å². The fraction of sp³-hybridized carbons (Fsp3) is 0.375. The molecule has 0 bridgehead atoms. The van der Waals surface area contributed by atoms with Crippen LogP contribution in [0.3, 0.4) is 0 Å². The second kappa shape index (κ2) is 2.57. The molecule has 0 unspecified atom stereocenters. The molecule has 0 aliphatic heterocycles. The van der Waals surface area contributed by atoms with Gasteiger partial charge in [-0.05, 0) is 26.0 Å². The first-order valence-electron chi connectivity index (χ1n) is 3.30. The minimum absolute atomic E-state index is 0.388. The minimum atomic E-state index is 0.388. The molecular weight excluding hydrogens is 124 g/mol. The highest BCUT2D eigenvalue weighted by Crippen LogP contribution is 2.17. The number of hydrogen-bond donors (Lipinski definition) is 0. The van der Waals surface area contributed by atoms with Gasteiger partial charge in [-0.3, -0.25) is 4.57 Å². The second-order valence-corrected chi connectivity index (χ2v) is 2.48. The Kier molecular flexibility index (Phi) is 1.77. The summed E-state index contributed by atoms with van der Waals surface area (Å²) in [5.41, 5.74) is 0. The van der Waals surface area contributed by atoms with Gasteiger partial charge in [-0.2, -0.15) is 0 Å². The van der Waals surface area contributed by atoms with Gasteiger partial charge < -0.3 is 4.85 Å². The number of hydrogen-bond acceptors (Lipinski definition) is 0. The second-order valence-electron chi connectivity index (χ2n) is 2.48. The summed E-state index contributed by atoms with van der Waals surface area (Å²) in [4.78, 5) is 3.36. The van der Waals surface area contributed by atoms with Crippen molar-refractivity contribution in [3.8, 4) is 0 Å². The lowest BCUT2D eigenvalue weighted by Gasteiger charge is -2.04. The van der Waals surface area contributed by atoms with E-state index in [-0.39, 0.29) is 0 Å². The van der Waals surface area contributed by atoms with Crippen molar-refractivity contribution in [2.45, 2.75) is 19.9 Å². The minimum Gasteiger partial charge on any atom is -0.364 e. The maximum absolute atomic E-state index is 6.80. The van der Waals surface area contributed by atoms with Crippen molar-refractivity contribution in [1.29, 1.82) is 0 Å². The smallest absolute Gasteiger partial charge is 0.230 e. The first-order valence-corrected chi connectivity index (χ1v) is 3.30.